The zero-order valence-electron chi connectivity index (χ0n) is 14.3. The zero-order valence-corrected chi connectivity index (χ0v) is 16.8. The number of nitrogens with zero attached hydrogens (tertiary/aromatic N) is 2. The molecule has 1 fully saturated rings. The number of carbonyl (C=O) groups excluding carboxylic acids is 1. The van der Waals surface area contributed by atoms with Crippen molar-refractivity contribution in [2.45, 2.75) is 12.8 Å². The van der Waals surface area contributed by atoms with Gasteiger partial charge in [0.15, 0.2) is 0 Å². The van der Waals surface area contributed by atoms with Gasteiger partial charge in [0.2, 0.25) is 0 Å². The zero-order chi connectivity index (χ0) is 17.1. The molecule has 0 spiro atoms. The van der Waals surface area contributed by atoms with Crippen molar-refractivity contribution in [3.8, 4) is 0 Å². The van der Waals surface area contributed by atoms with E-state index in [0.29, 0.717) is 36.2 Å². The van der Waals surface area contributed by atoms with Gasteiger partial charge in [0, 0.05) is 25.8 Å². The van der Waals surface area contributed by atoms with Crippen molar-refractivity contribution in [2.24, 2.45) is 17.4 Å². The third-order valence-corrected chi connectivity index (χ3v) is 5.43. The topological polar surface area (TPSA) is 120 Å². The second-order valence-corrected chi connectivity index (χ2v) is 7.04. The largest absolute Gasteiger partial charge is 0.397 e. The summed E-state index contributed by atoms with van der Waals surface area (Å²) in [5, 5.41) is 0.833. The number of carbonyl (C=O) groups is 1. The van der Waals surface area contributed by atoms with Crippen molar-refractivity contribution in [2.75, 3.05) is 43.5 Å². The lowest BCUT2D eigenvalue weighted by atomic mass is 9.98. The molecule has 146 valence electrons. The molecule has 2 aromatic rings. The normalized spacial score (nSPS) is 16.8. The van der Waals surface area contributed by atoms with Gasteiger partial charge in [-0.1, -0.05) is 0 Å². The Kier molecular flexibility index (Phi) is 8.85. The van der Waals surface area contributed by atoms with Gasteiger partial charge in [-0.05, 0) is 24.8 Å². The fraction of sp³-hybridized carbons (Fsp3) is 0.500. The van der Waals surface area contributed by atoms with Gasteiger partial charge >= 0.3 is 0 Å². The van der Waals surface area contributed by atoms with Crippen molar-refractivity contribution in [3.05, 3.63) is 17.1 Å². The Bertz CT molecular complexity index is 743. The molecule has 3 rings (SSSR count). The minimum atomic E-state index is -0.506. The number of thiophene rings is 1. The monoisotopic (exact) mass is 421 g/mol. The van der Waals surface area contributed by atoms with Crippen LogP contribution in [0.25, 0.3) is 10.2 Å². The Labute approximate surface area is 169 Å². The number of anilines is 2. The second-order valence-electron chi connectivity index (χ2n) is 6.04. The van der Waals surface area contributed by atoms with Gasteiger partial charge in [-0.2, -0.15) is 0 Å². The van der Waals surface area contributed by atoms with Gasteiger partial charge < -0.3 is 26.8 Å². The molecule has 0 aromatic carbocycles. The molecule has 1 unspecified atom stereocenters. The maximum absolute atomic E-state index is 11.6. The Balaban J connectivity index is 0.00000169. The quantitative estimate of drug-likeness (QED) is 0.613. The van der Waals surface area contributed by atoms with E-state index in [9.17, 15) is 4.79 Å². The molecule has 1 saturated heterocycles. The minimum Gasteiger partial charge on any atom is -0.397 e. The molecular formula is C16H25Cl2N5O2S. The van der Waals surface area contributed by atoms with E-state index < -0.39 is 5.91 Å². The highest BCUT2D eigenvalue weighted by Crippen LogP contribution is 2.39. The fourth-order valence-electron chi connectivity index (χ4n) is 3.23. The van der Waals surface area contributed by atoms with Crippen molar-refractivity contribution in [3.63, 3.8) is 0 Å². The molecule has 0 saturated carbocycles. The first-order chi connectivity index (χ1) is 11.6. The second kappa shape index (κ2) is 10.1. The van der Waals surface area contributed by atoms with Crippen molar-refractivity contribution >= 4 is 63.6 Å². The van der Waals surface area contributed by atoms with E-state index in [1.807, 2.05) is 6.07 Å². The number of ether oxygens (including phenoxy) is 1. The summed E-state index contributed by atoms with van der Waals surface area (Å²) in [6, 6.07) is 1.96. The molecule has 0 bridgehead atoms. The minimum absolute atomic E-state index is 0. The lowest BCUT2D eigenvalue weighted by molar-refractivity contribution is 0.0993. The molecule has 1 atom stereocenters. The number of rotatable bonds is 6. The molecule has 6 N–H and O–H groups in total. The number of fused-ring (bicyclic) bond motifs is 1. The Morgan fingerprint density at radius 3 is 2.88 bits per heavy atom. The maximum Gasteiger partial charge on any atom is 0.260 e. The number of piperidine rings is 1. The van der Waals surface area contributed by atoms with Gasteiger partial charge in [-0.3, -0.25) is 4.79 Å². The van der Waals surface area contributed by atoms with Crippen LogP contribution in [0.2, 0.25) is 0 Å². The summed E-state index contributed by atoms with van der Waals surface area (Å²) < 4.78 is 5.61. The van der Waals surface area contributed by atoms with E-state index in [0.717, 1.165) is 41.8 Å². The molecule has 1 amide bonds. The Hall–Kier alpha value is -1.32. The number of hydrogen-bond acceptors (Lipinski definition) is 7. The summed E-state index contributed by atoms with van der Waals surface area (Å²) >= 11 is 1.25. The number of halogens is 2. The van der Waals surface area contributed by atoms with Gasteiger partial charge in [-0.25, -0.2) is 4.98 Å². The number of primary amides is 1. The van der Waals surface area contributed by atoms with E-state index in [2.05, 4.69) is 9.88 Å². The SMILES string of the molecule is Cl.Cl.NCCOCC1CCCN(c2ccnc3sc(C(N)=O)c(N)c23)C1. The molecule has 3 heterocycles. The first-order valence-corrected chi connectivity index (χ1v) is 8.93. The maximum atomic E-state index is 11.6. The summed E-state index contributed by atoms with van der Waals surface area (Å²) in [6.07, 6.45) is 3.99. The predicted octanol–water partition coefficient (Wildman–Crippen LogP) is 2.01. The molecule has 7 nitrogen and oxygen atoms in total. The molecule has 10 heteroatoms. The molecule has 2 aromatic heterocycles. The van der Waals surface area contributed by atoms with Gasteiger partial charge in [-0.15, -0.1) is 36.2 Å². The average molecular weight is 422 g/mol. The van der Waals surface area contributed by atoms with E-state index in [1.165, 1.54) is 11.3 Å². The summed E-state index contributed by atoms with van der Waals surface area (Å²) in [6.45, 7) is 3.70. The van der Waals surface area contributed by atoms with Gasteiger partial charge in [0.1, 0.15) is 9.71 Å². The highest BCUT2D eigenvalue weighted by Gasteiger charge is 2.24. The van der Waals surface area contributed by atoms with Crippen LogP contribution in [0.5, 0.6) is 0 Å². The van der Waals surface area contributed by atoms with E-state index in [1.54, 1.807) is 6.20 Å². The summed E-state index contributed by atoms with van der Waals surface area (Å²) in [7, 11) is 0. The van der Waals surface area contributed by atoms with Crippen LogP contribution in [-0.2, 0) is 4.74 Å². The Morgan fingerprint density at radius 1 is 1.42 bits per heavy atom. The van der Waals surface area contributed by atoms with Crippen LogP contribution in [0.15, 0.2) is 12.3 Å². The predicted molar refractivity (Wildman–Crippen MR) is 112 cm³/mol. The number of aromatic nitrogens is 1. The molecule has 26 heavy (non-hydrogen) atoms. The number of nitrogens with two attached hydrogens (primary N) is 3. The summed E-state index contributed by atoms with van der Waals surface area (Å²) in [5.41, 5.74) is 18.5. The lowest BCUT2D eigenvalue weighted by Gasteiger charge is -2.34. The molecule has 0 radical (unpaired) electrons. The highest BCUT2D eigenvalue weighted by molar-refractivity contribution is 7.21. The molecule has 1 aliphatic heterocycles. The highest BCUT2D eigenvalue weighted by atomic mass is 35.5. The first kappa shape index (κ1) is 22.7. The number of amides is 1. The van der Waals surface area contributed by atoms with Crippen LogP contribution < -0.4 is 22.1 Å². The molecule has 1 aliphatic rings. The van der Waals surface area contributed by atoms with Crippen LogP contribution in [0.3, 0.4) is 0 Å². The van der Waals surface area contributed by atoms with Crippen molar-refractivity contribution < 1.29 is 9.53 Å². The van der Waals surface area contributed by atoms with E-state index >= 15 is 0 Å². The molecular weight excluding hydrogens is 397 g/mol. The van der Waals surface area contributed by atoms with E-state index in [-0.39, 0.29) is 24.8 Å². The fourth-order valence-corrected chi connectivity index (χ4v) is 4.16. The van der Waals surface area contributed by atoms with Crippen molar-refractivity contribution in [1.29, 1.82) is 0 Å². The average Bonchev–Trinajstić information content (AvgIpc) is 2.93. The van der Waals surface area contributed by atoms with Crippen LogP contribution in [0.1, 0.15) is 22.5 Å². The van der Waals surface area contributed by atoms with Crippen LogP contribution >= 0.6 is 36.2 Å². The number of hydrogen-bond donors (Lipinski definition) is 3. The number of pyridine rings is 1. The standard InChI is InChI=1S/C16H23N5O2S.2ClH/c17-4-7-23-9-10-2-1-6-21(8-10)11-3-5-20-16-12(11)13(18)14(24-16)15(19)22;;/h3,5,10H,1-2,4,6-9,17-18H2,(H2,19,22);2*1H. The summed E-state index contributed by atoms with van der Waals surface area (Å²) in [5.74, 6) is -0.0443. The van der Waals surface area contributed by atoms with E-state index in [4.69, 9.17) is 21.9 Å². The number of nitrogen functional groups attached to an aromatic ring is 1. The first-order valence-electron chi connectivity index (χ1n) is 8.11. The van der Waals surface area contributed by atoms with Gasteiger partial charge in [0.05, 0.1) is 30.0 Å². The van der Waals surface area contributed by atoms with Crippen molar-refractivity contribution in [1.82, 2.24) is 4.98 Å². The Morgan fingerprint density at radius 2 is 2.19 bits per heavy atom. The summed E-state index contributed by atoms with van der Waals surface area (Å²) in [4.78, 5) is 19.3. The third kappa shape index (κ3) is 4.69. The van der Waals surface area contributed by atoms with Crippen LogP contribution in [0.4, 0.5) is 11.4 Å². The third-order valence-electron chi connectivity index (χ3n) is 4.31. The molecule has 0 aliphatic carbocycles. The lowest BCUT2D eigenvalue weighted by Crippen LogP contribution is -2.37. The smallest absolute Gasteiger partial charge is 0.260 e. The van der Waals surface area contributed by atoms with Gasteiger partial charge in [0.25, 0.3) is 5.91 Å². The van der Waals surface area contributed by atoms with Crippen LogP contribution in [-0.4, -0.2) is 43.7 Å². The van der Waals surface area contributed by atoms with Crippen LogP contribution in [0, 0.1) is 5.92 Å².